The average molecular weight is 571 g/mol. The van der Waals surface area contributed by atoms with E-state index in [1.54, 1.807) is 60.1 Å². The summed E-state index contributed by atoms with van der Waals surface area (Å²) < 4.78 is 16.1. The number of halogens is 2. The van der Waals surface area contributed by atoms with Crippen molar-refractivity contribution in [2.24, 2.45) is 0 Å². The SMILES string of the molecule is C[C@]1(c2cccc(CCC(=O)O)c2)C(=O)Nc2nc(-c3nn(Cc4ccccc4F)c4cc(Cl)ccc34)nc(N)c21. The highest BCUT2D eigenvalue weighted by molar-refractivity contribution is 6.31. The lowest BCUT2D eigenvalue weighted by atomic mass is 9.77. The summed E-state index contributed by atoms with van der Waals surface area (Å²) in [6, 6.07) is 18.9. The number of carboxylic acids is 1. The van der Waals surface area contributed by atoms with E-state index in [2.05, 4.69) is 15.3 Å². The van der Waals surface area contributed by atoms with Crippen LogP contribution in [0.3, 0.4) is 0 Å². The van der Waals surface area contributed by atoms with Crippen molar-refractivity contribution in [1.29, 1.82) is 0 Å². The summed E-state index contributed by atoms with van der Waals surface area (Å²) >= 11 is 6.29. The van der Waals surface area contributed by atoms with Crippen LogP contribution in [-0.2, 0) is 28.0 Å². The third kappa shape index (κ3) is 4.55. The quantitative estimate of drug-likeness (QED) is 0.245. The van der Waals surface area contributed by atoms with Gasteiger partial charge in [0.15, 0.2) is 5.82 Å². The zero-order chi connectivity index (χ0) is 28.9. The van der Waals surface area contributed by atoms with E-state index in [4.69, 9.17) is 27.5 Å². The van der Waals surface area contributed by atoms with E-state index in [1.807, 2.05) is 12.1 Å². The first-order chi connectivity index (χ1) is 19.6. The Balaban J connectivity index is 1.44. The summed E-state index contributed by atoms with van der Waals surface area (Å²) in [5.74, 6) is -1.02. The topological polar surface area (TPSA) is 136 Å². The average Bonchev–Trinajstić information content (AvgIpc) is 3.43. The predicted octanol–water partition coefficient (Wildman–Crippen LogP) is 5.19. The summed E-state index contributed by atoms with van der Waals surface area (Å²) in [6.45, 7) is 1.89. The lowest BCUT2D eigenvalue weighted by molar-refractivity contribution is -0.137. The molecule has 0 fully saturated rings. The molecule has 0 saturated carbocycles. The highest BCUT2D eigenvalue weighted by Gasteiger charge is 2.47. The largest absolute Gasteiger partial charge is 0.481 e. The monoisotopic (exact) mass is 570 g/mol. The molecule has 41 heavy (non-hydrogen) atoms. The molecule has 2 aromatic heterocycles. The first-order valence-electron chi connectivity index (χ1n) is 12.9. The van der Waals surface area contributed by atoms with Crippen molar-refractivity contribution in [2.45, 2.75) is 31.7 Å². The standard InChI is InChI=1S/C30H24ClFN6O3/c1-30(18-7-4-5-16(13-18)9-12-23(39)40)24-26(33)34-28(35-27(24)36-29(30)41)25-20-11-10-19(31)14-22(20)38(37-25)15-17-6-2-3-8-21(17)32/h2-8,10-11,13-14H,9,12,15H2,1H3,(H,39,40)(H3,33,34,35,36,41)/t30-/m1/s1. The van der Waals surface area contributed by atoms with Crippen LogP contribution in [0, 0.1) is 5.82 Å². The second-order valence-electron chi connectivity index (χ2n) is 10.1. The summed E-state index contributed by atoms with van der Waals surface area (Å²) in [6.07, 6.45) is 0.297. The van der Waals surface area contributed by atoms with E-state index >= 15 is 0 Å². The van der Waals surface area contributed by atoms with Gasteiger partial charge in [-0.2, -0.15) is 5.10 Å². The molecule has 5 aromatic rings. The van der Waals surface area contributed by atoms with E-state index in [-0.39, 0.29) is 42.2 Å². The molecule has 3 heterocycles. The Bertz CT molecular complexity index is 1870. The van der Waals surface area contributed by atoms with Gasteiger partial charge >= 0.3 is 5.97 Å². The van der Waals surface area contributed by atoms with E-state index < -0.39 is 11.4 Å². The molecular weight excluding hydrogens is 547 g/mol. The smallest absolute Gasteiger partial charge is 0.303 e. The van der Waals surface area contributed by atoms with Crippen LogP contribution >= 0.6 is 11.6 Å². The fourth-order valence-corrected chi connectivity index (χ4v) is 5.47. The third-order valence-electron chi connectivity index (χ3n) is 7.46. The summed E-state index contributed by atoms with van der Waals surface area (Å²) in [7, 11) is 0. The number of amides is 1. The van der Waals surface area contributed by atoms with Gasteiger partial charge in [-0.05, 0) is 48.7 Å². The van der Waals surface area contributed by atoms with E-state index in [9.17, 15) is 14.0 Å². The van der Waals surface area contributed by atoms with Gasteiger partial charge in [0.05, 0.1) is 17.6 Å². The second kappa shape index (κ2) is 9.97. The van der Waals surface area contributed by atoms with Gasteiger partial charge in [-0.25, -0.2) is 14.4 Å². The van der Waals surface area contributed by atoms with Crippen LogP contribution in [0.5, 0.6) is 0 Å². The lowest BCUT2D eigenvalue weighted by Gasteiger charge is -2.24. The van der Waals surface area contributed by atoms with Crippen LogP contribution in [0.2, 0.25) is 5.02 Å². The fraction of sp³-hybridized carbons (Fsp3) is 0.167. The molecule has 1 atom stereocenters. The van der Waals surface area contributed by atoms with Crippen molar-refractivity contribution < 1.29 is 19.1 Å². The van der Waals surface area contributed by atoms with E-state index in [0.717, 1.165) is 5.56 Å². The van der Waals surface area contributed by atoms with Gasteiger partial charge in [-0.15, -0.1) is 0 Å². The van der Waals surface area contributed by atoms with Crippen LogP contribution in [-0.4, -0.2) is 36.7 Å². The maximum Gasteiger partial charge on any atom is 0.303 e. The van der Waals surface area contributed by atoms with Crippen molar-refractivity contribution in [3.05, 3.63) is 99.8 Å². The number of hydrogen-bond donors (Lipinski definition) is 3. The minimum atomic E-state index is -1.20. The van der Waals surface area contributed by atoms with Crippen molar-refractivity contribution in [3.8, 4) is 11.5 Å². The van der Waals surface area contributed by atoms with Crippen molar-refractivity contribution >= 4 is 46.0 Å². The Morgan fingerprint density at radius 2 is 1.93 bits per heavy atom. The van der Waals surface area contributed by atoms with Gasteiger partial charge in [-0.1, -0.05) is 54.1 Å². The Morgan fingerprint density at radius 1 is 1.12 bits per heavy atom. The molecule has 0 bridgehead atoms. The lowest BCUT2D eigenvalue weighted by Crippen LogP contribution is -2.33. The normalized spacial score (nSPS) is 16.1. The molecule has 0 aliphatic carbocycles. The zero-order valence-corrected chi connectivity index (χ0v) is 22.6. The van der Waals surface area contributed by atoms with Gasteiger partial charge in [0.1, 0.15) is 28.6 Å². The number of fused-ring (bicyclic) bond motifs is 2. The van der Waals surface area contributed by atoms with Gasteiger partial charge in [0, 0.05) is 22.4 Å². The Labute approximate surface area is 238 Å². The number of carboxylic acid groups (broad SMARTS) is 1. The number of aryl methyl sites for hydroxylation is 1. The van der Waals surface area contributed by atoms with Crippen molar-refractivity contribution in [1.82, 2.24) is 19.7 Å². The number of hydrogen-bond acceptors (Lipinski definition) is 6. The Hall–Kier alpha value is -4.83. The molecule has 9 nitrogen and oxygen atoms in total. The molecule has 1 aliphatic heterocycles. The maximum absolute atomic E-state index is 14.5. The van der Waals surface area contributed by atoms with Crippen LogP contribution < -0.4 is 11.1 Å². The number of carbonyl (C=O) groups excluding carboxylic acids is 1. The minimum Gasteiger partial charge on any atom is -0.481 e. The van der Waals surface area contributed by atoms with Crippen molar-refractivity contribution in [3.63, 3.8) is 0 Å². The van der Waals surface area contributed by atoms with Crippen LogP contribution in [0.15, 0.2) is 66.7 Å². The van der Waals surface area contributed by atoms with Crippen LogP contribution in [0.25, 0.3) is 22.4 Å². The minimum absolute atomic E-state index is 0.0275. The molecule has 1 amide bonds. The molecule has 6 rings (SSSR count). The number of nitrogens with two attached hydrogens (primary N) is 1. The van der Waals surface area contributed by atoms with Gasteiger partial charge in [0.2, 0.25) is 5.91 Å². The van der Waals surface area contributed by atoms with E-state index in [1.165, 1.54) is 6.07 Å². The summed E-state index contributed by atoms with van der Waals surface area (Å²) in [5, 5.41) is 17.8. The Kier molecular flexibility index (Phi) is 6.42. The summed E-state index contributed by atoms with van der Waals surface area (Å²) in [5.41, 5.74) is 8.69. The molecule has 0 radical (unpaired) electrons. The Morgan fingerprint density at radius 3 is 2.71 bits per heavy atom. The zero-order valence-electron chi connectivity index (χ0n) is 21.9. The highest BCUT2D eigenvalue weighted by atomic mass is 35.5. The van der Waals surface area contributed by atoms with Gasteiger partial charge < -0.3 is 16.2 Å². The van der Waals surface area contributed by atoms with Gasteiger partial charge in [-0.3, -0.25) is 14.3 Å². The number of benzene rings is 3. The first-order valence-corrected chi connectivity index (χ1v) is 13.2. The van der Waals surface area contributed by atoms with Crippen LogP contribution in [0.4, 0.5) is 16.0 Å². The van der Waals surface area contributed by atoms with Crippen LogP contribution in [0.1, 0.15) is 35.6 Å². The molecule has 0 saturated heterocycles. The number of aromatic nitrogens is 4. The number of nitrogens with zero attached hydrogens (tertiary/aromatic N) is 4. The molecule has 206 valence electrons. The third-order valence-corrected chi connectivity index (χ3v) is 7.69. The number of aliphatic carboxylic acids is 1. The molecule has 1 aliphatic rings. The number of anilines is 2. The maximum atomic E-state index is 14.5. The van der Waals surface area contributed by atoms with E-state index in [0.29, 0.717) is 44.7 Å². The molecule has 11 heteroatoms. The molecule has 4 N–H and O–H groups in total. The van der Waals surface area contributed by atoms with Gasteiger partial charge in [0.25, 0.3) is 0 Å². The number of nitrogen functional groups attached to an aromatic ring is 1. The molecular formula is C30H24ClFN6O3. The highest BCUT2D eigenvalue weighted by Crippen LogP contribution is 2.45. The summed E-state index contributed by atoms with van der Waals surface area (Å²) in [4.78, 5) is 33.7. The fourth-order valence-electron chi connectivity index (χ4n) is 5.30. The number of rotatable bonds is 7. The van der Waals surface area contributed by atoms with Crippen molar-refractivity contribution in [2.75, 3.05) is 11.1 Å². The molecule has 0 spiro atoms. The number of carbonyl (C=O) groups is 2. The predicted molar refractivity (Wildman–Crippen MR) is 153 cm³/mol. The number of nitrogens with one attached hydrogen (secondary N) is 1. The molecule has 3 aromatic carbocycles. The second-order valence-corrected chi connectivity index (χ2v) is 10.5. The first kappa shape index (κ1) is 26.4. The molecule has 0 unspecified atom stereocenters.